The van der Waals surface area contributed by atoms with E-state index >= 15 is 0 Å². The van der Waals surface area contributed by atoms with Crippen molar-refractivity contribution in [3.8, 4) is 5.75 Å². The minimum atomic E-state index is 0.562. The average Bonchev–Trinajstić information content (AvgIpc) is 3.12. The van der Waals surface area contributed by atoms with E-state index in [0.717, 1.165) is 48.5 Å². The highest BCUT2D eigenvalue weighted by Crippen LogP contribution is 2.35. The molecule has 4 rings (SSSR count). The number of piperidine rings is 1. The molecule has 25 heavy (non-hydrogen) atoms. The fourth-order valence-electron chi connectivity index (χ4n) is 3.45. The Morgan fingerprint density at radius 3 is 2.72 bits per heavy atom. The third-order valence-corrected chi connectivity index (χ3v) is 6.14. The van der Waals surface area contributed by atoms with Gasteiger partial charge in [-0.2, -0.15) is 0 Å². The molecule has 1 saturated heterocycles. The summed E-state index contributed by atoms with van der Waals surface area (Å²) >= 11 is 1.85. The first-order chi connectivity index (χ1) is 12.2. The second kappa shape index (κ2) is 6.89. The van der Waals surface area contributed by atoms with Crippen LogP contribution in [-0.2, 0) is 0 Å². The van der Waals surface area contributed by atoms with E-state index in [2.05, 4.69) is 47.9 Å². The number of rotatable bonds is 4. The largest absolute Gasteiger partial charge is 0.497 e. The second-order valence-corrected chi connectivity index (χ2v) is 7.52. The number of hydrogen-bond acceptors (Lipinski definition) is 4. The number of thiazole rings is 1. The van der Waals surface area contributed by atoms with Crippen LogP contribution in [0, 0.1) is 0 Å². The Balaban J connectivity index is 1.44. The third-order valence-electron chi connectivity index (χ3n) is 4.94. The minimum absolute atomic E-state index is 0.562. The summed E-state index contributed by atoms with van der Waals surface area (Å²) in [4.78, 5) is 7.24. The van der Waals surface area contributed by atoms with E-state index in [1.807, 2.05) is 23.5 Å². The molecule has 0 atom stereocenters. The minimum Gasteiger partial charge on any atom is -0.497 e. The van der Waals surface area contributed by atoms with Crippen LogP contribution >= 0.6 is 11.3 Å². The van der Waals surface area contributed by atoms with Gasteiger partial charge in [0, 0.05) is 30.3 Å². The maximum atomic E-state index is 5.33. The Morgan fingerprint density at radius 1 is 1.16 bits per heavy atom. The highest BCUT2D eigenvalue weighted by Gasteiger charge is 2.24. The van der Waals surface area contributed by atoms with E-state index < -0.39 is 0 Å². The topological polar surface area (TPSA) is 25.4 Å². The number of aromatic nitrogens is 1. The van der Waals surface area contributed by atoms with Crippen molar-refractivity contribution in [1.29, 1.82) is 0 Å². The number of nitrogens with zero attached hydrogens (tertiary/aromatic N) is 2. The molecule has 1 aliphatic heterocycles. The number of likely N-dealkylation sites (tertiary alicyclic amines) is 1. The van der Waals surface area contributed by atoms with Gasteiger partial charge in [-0.1, -0.05) is 30.8 Å². The van der Waals surface area contributed by atoms with Crippen LogP contribution in [0.2, 0.25) is 0 Å². The Bertz CT molecular complexity index is 861. The lowest BCUT2D eigenvalue weighted by Gasteiger charge is -2.34. The maximum absolute atomic E-state index is 5.33. The number of benzene rings is 2. The summed E-state index contributed by atoms with van der Waals surface area (Å²) < 4.78 is 6.62. The molecule has 0 aliphatic carbocycles. The molecular weight excluding hydrogens is 328 g/mol. The van der Waals surface area contributed by atoms with Gasteiger partial charge in [0.05, 0.1) is 22.3 Å². The van der Waals surface area contributed by atoms with E-state index in [1.54, 1.807) is 7.11 Å². The summed E-state index contributed by atoms with van der Waals surface area (Å²) in [6, 6.07) is 16.6. The van der Waals surface area contributed by atoms with Crippen molar-refractivity contribution in [3.63, 3.8) is 0 Å². The van der Waals surface area contributed by atoms with E-state index in [-0.39, 0.29) is 0 Å². The Hall–Kier alpha value is -2.33. The Kier molecular flexibility index (Phi) is 4.45. The van der Waals surface area contributed by atoms with Gasteiger partial charge in [0.25, 0.3) is 0 Å². The first-order valence-corrected chi connectivity index (χ1v) is 9.50. The average molecular weight is 350 g/mol. The second-order valence-electron chi connectivity index (χ2n) is 6.46. The first-order valence-electron chi connectivity index (χ1n) is 8.68. The summed E-state index contributed by atoms with van der Waals surface area (Å²) in [6.45, 7) is 6.36. The van der Waals surface area contributed by atoms with Gasteiger partial charge < -0.3 is 9.64 Å². The number of methoxy groups -OCH3 is 1. The summed E-state index contributed by atoms with van der Waals surface area (Å²) in [6.07, 6.45) is 2.26. The standard InChI is InChI=1S/C21H22N2OS/c1-15(17-6-5-7-18(14-17)24-2)23-12-10-16(11-13-23)21-22-19-8-3-4-9-20(19)25-21/h3-9,14,16H,1,10-13H2,2H3. The molecule has 0 saturated carbocycles. The molecule has 4 heteroatoms. The van der Waals surface area contributed by atoms with Crippen molar-refractivity contribution in [1.82, 2.24) is 9.88 Å². The smallest absolute Gasteiger partial charge is 0.119 e. The lowest BCUT2D eigenvalue weighted by atomic mass is 9.96. The van der Waals surface area contributed by atoms with Crippen molar-refractivity contribution in [3.05, 3.63) is 65.7 Å². The van der Waals surface area contributed by atoms with Crippen LogP contribution < -0.4 is 4.74 Å². The number of para-hydroxylation sites is 1. The Labute approximate surface area is 152 Å². The van der Waals surface area contributed by atoms with E-state index in [1.165, 1.54) is 9.71 Å². The van der Waals surface area contributed by atoms with Crippen LogP contribution in [0.3, 0.4) is 0 Å². The summed E-state index contributed by atoms with van der Waals surface area (Å²) in [5.41, 5.74) is 3.35. The summed E-state index contributed by atoms with van der Waals surface area (Å²) in [5, 5.41) is 1.29. The molecule has 3 nitrogen and oxygen atoms in total. The quantitative estimate of drug-likeness (QED) is 0.650. The predicted octanol–water partition coefficient (Wildman–Crippen LogP) is 5.16. The molecule has 128 valence electrons. The van der Waals surface area contributed by atoms with E-state index in [0.29, 0.717) is 5.92 Å². The van der Waals surface area contributed by atoms with E-state index in [9.17, 15) is 0 Å². The van der Waals surface area contributed by atoms with Gasteiger partial charge in [-0.3, -0.25) is 0 Å². The van der Waals surface area contributed by atoms with Crippen LogP contribution in [0.15, 0.2) is 55.1 Å². The van der Waals surface area contributed by atoms with Gasteiger partial charge in [0.2, 0.25) is 0 Å². The maximum Gasteiger partial charge on any atom is 0.119 e. The molecule has 0 N–H and O–H groups in total. The molecule has 1 aliphatic rings. The third kappa shape index (κ3) is 3.27. The lowest BCUT2D eigenvalue weighted by molar-refractivity contribution is 0.299. The van der Waals surface area contributed by atoms with Crippen molar-refractivity contribution < 1.29 is 4.74 Å². The molecule has 0 bridgehead atoms. The van der Waals surface area contributed by atoms with Gasteiger partial charge in [-0.15, -0.1) is 11.3 Å². The highest BCUT2D eigenvalue weighted by molar-refractivity contribution is 7.18. The van der Waals surface area contributed by atoms with Crippen LogP contribution in [0.1, 0.15) is 29.3 Å². The van der Waals surface area contributed by atoms with E-state index in [4.69, 9.17) is 9.72 Å². The fourth-order valence-corrected chi connectivity index (χ4v) is 4.58. The van der Waals surface area contributed by atoms with Crippen molar-refractivity contribution >= 4 is 27.3 Å². The van der Waals surface area contributed by atoms with Crippen molar-refractivity contribution in [2.75, 3.05) is 20.2 Å². The lowest BCUT2D eigenvalue weighted by Crippen LogP contribution is -2.31. The number of ether oxygens (including phenoxy) is 1. The Morgan fingerprint density at radius 2 is 1.96 bits per heavy atom. The summed E-state index contributed by atoms with van der Waals surface area (Å²) in [5.74, 6) is 1.44. The van der Waals surface area contributed by atoms with Crippen LogP contribution in [-0.4, -0.2) is 30.1 Å². The molecule has 0 amide bonds. The predicted molar refractivity (Wildman–Crippen MR) is 105 cm³/mol. The fraction of sp³-hybridized carbons (Fsp3) is 0.286. The molecule has 0 radical (unpaired) electrons. The SMILES string of the molecule is C=C(c1cccc(OC)c1)N1CCC(c2nc3ccccc3s2)CC1. The molecule has 2 heterocycles. The van der Waals surface area contributed by atoms with Crippen LogP contribution in [0.5, 0.6) is 5.75 Å². The number of fused-ring (bicyclic) bond motifs is 1. The molecular formula is C21H22N2OS. The zero-order valence-electron chi connectivity index (χ0n) is 14.4. The molecule has 0 spiro atoms. The summed E-state index contributed by atoms with van der Waals surface area (Å²) in [7, 11) is 1.70. The van der Waals surface area contributed by atoms with Crippen LogP contribution in [0.4, 0.5) is 0 Å². The van der Waals surface area contributed by atoms with Gasteiger partial charge in [0.15, 0.2) is 0 Å². The van der Waals surface area contributed by atoms with Crippen molar-refractivity contribution in [2.45, 2.75) is 18.8 Å². The normalized spacial score (nSPS) is 15.5. The van der Waals surface area contributed by atoms with Gasteiger partial charge in [0.1, 0.15) is 5.75 Å². The first kappa shape index (κ1) is 16.2. The van der Waals surface area contributed by atoms with Crippen molar-refractivity contribution in [2.24, 2.45) is 0 Å². The molecule has 3 aromatic rings. The zero-order chi connectivity index (χ0) is 17.2. The molecule has 1 fully saturated rings. The number of hydrogen-bond donors (Lipinski definition) is 0. The zero-order valence-corrected chi connectivity index (χ0v) is 15.3. The molecule has 1 aromatic heterocycles. The monoisotopic (exact) mass is 350 g/mol. The van der Waals surface area contributed by atoms with Gasteiger partial charge in [-0.25, -0.2) is 4.98 Å². The van der Waals surface area contributed by atoms with Crippen LogP contribution in [0.25, 0.3) is 15.9 Å². The molecule has 0 unspecified atom stereocenters. The van der Waals surface area contributed by atoms with Gasteiger partial charge >= 0.3 is 0 Å². The molecule has 2 aromatic carbocycles. The van der Waals surface area contributed by atoms with Gasteiger partial charge in [-0.05, 0) is 37.1 Å². The highest BCUT2D eigenvalue weighted by atomic mass is 32.1.